The van der Waals surface area contributed by atoms with Gasteiger partial charge < -0.3 is 4.74 Å². The van der Waals surface area contributed by atoms with E-state index in [9.17, 15) is 22.4 Å². The Morgan fingerprint density at radius 3 is 2.41 bits per heavy atom. The quantitative estimate of drug-likeness (QED) is 0.749. The van der Waals surface area contributed by atoms with Gasteiger partial charge in [0.25, 0.3) is 6.43 Å². The summed E-state index contributed by atoms with van der Waals surface area (Å²) in [7, 11) is 0. The second-order valence-electron chi connectivity index (χ2n) is 3.43. The van der Waals surface area contributed by atoms with Gasteiger partial charge in [-0.2, -0.15) is 8.78 Å². The van der Waals surface area contributed by atoms with Crippen LogP contribution in [0.3, 0.4) is 0 Å². The van der Waals surface area contributed by atoms with Gasteiger partial charge in [-0.05, 0) is 24.6 Å². The third-order valence-corrected chi connectivity index (χ3v) is 1.98. The predicted molar refractivity (Wildman–Crippen MR) is 52.4 cm³/mol. The van der Waals surface area contributed by atoms with Crippen LogP contribution < -0.4 is 4.74 Å². The van der Waals surface area contributed by atoms with E-state index in [0.717, 1.165) is 12.1 Å². The SMILES string of the molecule is CC(=O)Cc1ccc(OC(F)F)c(C(F)F)c1. The van der Waals surface area contributed by atoms with Crippen LogP contribution in [0.5, 0.6) is 5.75 Å². The van der Waals surface area contributed by atoms with E-state index in [1.54, 1.807) is 0 Å². The van der Waals surface area contributed by atoms with Crippen LogP contribution in [0.4, 0.5) is 17.6 Å². The number of benzene rings is 1. The van der Waals surface area contributed by atoms with E-state index >= 15 is 0 Å². The van der Waals surface area contributed by atoms with E-state index in [-0.39, 0.29) is 12.2 Å². The molecule has 0 heterocycles. The first-order chi connectivity index (χ1) is 7.90. The second-order valence-corrected chi connectivity index (χ2v) is 3.43. The van der Waals surface area contributed by atoms with Gasteiger partial charge >= 0.3 is 6.61 Å². The zero-order chi connectivity index (χ0) is 13.0. The van der Waals surface area contributed by atoms with Crippen molar-refractivity contribution in [1.82, 2.24) is 0 Å². The van der Waals surface area contributed by atoms with Crippen molar-refractivity contribution < 1.29 is 27.1 Å². The molecule has 0 fully saturated rings. The van der Waals surface area contributed by atoms with Crippen molar-refractivity contribution in [2.45, 2.75) is 26.4 Å². The lowest BCUT2D eigenvalue weighted by atomic mass is 10.1. The number of ether oxygens (including phenoxy) is 1. The second kappa shape index (κ2) is 5.65. The van der Waals surface area contributed by atoms with Crippen LogP contribution in [-0.2, 0) is 11.2 Å². The fourth-order valence-corrected chi connectivity index (χ4v) is 1.37. The monoisotopic (exact) mass is 250 g/mol. The van der Waals surface area contributed by atoms with Crippen LogP contribution >= 0.6 is 0 Å². The molecule has 1 aromatic carbocycles. The van der Waals surface area contributed by atoms with Gasteiger partial charge in [0.1, 0.15) is 11.5 Å². The summed E-state index contributed by atoms with van der Waals surface area (Å²) >= 11 is 0. The average molecular weight is 250 g/mol. The van der Waals surface area contributed by atoms with Crippen molar-refractivity contribution in [3.63, 3.8) is 0 Å². The molecule has 94 valence electrons. The number of ketones is 1. The van der Waals surface area contributed by atoms with Crippen molar-refractivity contribution in [1.29, 1.82) is 0 Å². The van der Waals surface area contributed by atoms with E-state index in [0.29, 0.717) is 5.56 Å². The molecule has 0 radical (unpaired) electrons. The Labute approximate surface area is 95.2 Å². The molecule has 2 nitrogen and oxygen atoms in total. The molecule has 0 bridgehead atoms. The summed E-state index contributed by atoms with van der Waals surface area (Å²) in [6, 6.07) is 3.33. The van der Waals surface area contributed by atoms with Gasteiger partial charge in [-0.15, -0.1) is 0 Å². The Hall–Kier alpha value is -1.59. The fourth-order valence-electron chi connectivity index (χ4n) is 1.37. The van der Waals surface area contributed by atoms with Crippen LogP contribution in [0, 0.1) is 0 Å². The highest BCUT2D eigenvalue weighted by Crippen LogP contribution is 2.31. The Morgan fingerprint density at radius 2 is 1.94 bits per heavy atom. The van der Waals surface area contributed by atoms with Crippen LogP contribution in [-0.4, -0.2) is 12.4 Å². The number of Topliss-reactive ketones (excluding diaryl/α,β-unsaturated/α-hetero) is 1. The van der Waals surface area contributed by atoms with Gasteiger partial charge in [-0.1, -0.05) is 6.07 Å². The lowest BCUT2D eigenvalue weighted by Gasteiger charge is -2.11. The molecule has 6 heteroatoms. The van der Waals surface area contributed by atoms with Gasteiger partial charge in [0.2, 0.25) is 0 Å². The first kappa shape index (κ1) is 13.5. The number of carbonyl (C=O) groups is 1. The van der Waals surface area contributed by atoms with E-state index < -0.39 is 24.3 Å². The number of rotatable bonds is 5. The van der Waals surface area contributed by atoms with Crippen molar-refractivity contribution in [2.75, 3.05) is 0 Å². The van der Waals surface area contributed by atoms with Crippen LogP contribution in [0.2, 0.25) is 0 Å². The molecule has 17 heavy (non-hydrogen) atoms. The van der Waals surface area contributed by atoms with E-state index in [1.807, 2.05) is 0 Å². The highest BCUT2D eigenvalue weighted by Gasteiger charge is 2.18. The summed E-state index contributed by atoms with van der Waals surface area (Å²) in [6.45, 7) is -1.85. The summed E-state index contributed by atoms with van der Waals surface area (Å²) in [4.78, 5) is 10.8. The van der Waals surface area contributed by atoms with Gasteiger partial charge in [0, 0.05) is 6.42 Å². The maximum Gasteiger partial charge on any atom is 0.387 e. The van der Waals surface area contributed by atoms with Crippen molar-refractivity contribution in [2.24, 2.45) is 0 Å². The van der Waals surface area contributed by atoms with Gasteiger partial charge in [-0.3, -0.25) is 4.79 Å². The molecule has 0 unspecified atom stereocenters. The molecule has 1 aromatic rings. The summed E-state index contributed by atoms with van der Waals surface area (Å²) < 4.78 is 53.0. The van der Waals surface area contributed by atoms with Crippen molar-refractivity contribution >= 4 is 5.78 Å². The molecular weight excluding hydrogens is 240 g/mol. The van der Waals surface area contributed by atoms with Gasteiger partial charge in [-0.25, -0.2) is 8.78 Å². The first-order valence-corrected chi connectivity index (χ1v) is 4.75. The van der Waals surface area contributed by atoms with E-state index in [1.165, 1.54) is 13.0 Å². The van der Waals surface area contributed by atoms with E-state index in [2.05, 4.69) is 4.74 Å². The number of alkyl halides is 4. The van der Waals surface area contributed by atoms with Gasteiger partial charge in [0.15, 0.2) is 0 Å². The number of halogens is 4. The zero-order valence-corrected chi connectivity index (χ0v) is 8.92. The summed E-state index contributed by atoms with van der Waals surface area (Å²) in [5, 5.41) is 0. The third-order valence-electron chi connectivity index (χ3n) is 1.98. The van der Waals surface area contributed by atoms with Crippen molar-refractivity contribution in [3.05, 3.63) is 29.3 Å². The molecule has 0 atom stereocenters. The summed E-state index contributed by atoms with van der Waals surface area (Å²) in [5.74, 6) is -0.768. The predicted octanol–water partition coefficient (Wildman–Crippen LogP) is 3.36. The third kappa shape index (κ3) is 4.05. The lowest BCUT2D eigenvalue weighted by Crippen LogP contribution is -2.06. The average Bonchev–Trinajstić information content (AvgIpc) is 2.18. The molecule has 0 spiro atoms. The number of hydrogen-bond acceptors (Lipinski definition) is 2. The van der Waals surface area contributed by atoms with Crippen LogP contribution in [0.15, 0.2) is 18.2 Å². The van der Waals surface area contributed by atoms with Crippen LogP contribution in [0.1, 0.15) is 24.5 Å². The molecule has 0 aliphatic rings. The Kier molecular flexibility index (Phi) is 4.48. The maximum absolute atomic E-state index is 12.6. The Balaban J connectivity index is 3.03. The van der Waals surface area contributed by atoms with Gasteiger partial charge in [0.05, 0.1) is 5.56 Å². The molecule has 0 aromatic heterocycles. The normalized spacial score (nSPS) is 11.0. The summed E-state index contributed by atoms with van der Waals surface area (Å²) in [6.07, 6.45) is -2.95. The molecule has 0 saturated heterocycles. The molecule has 0 amide bonds. The summed E-state index contributed by atoms with van der Waals surface area (Å²) in [5.41, 5.74) is -0.293. The zero-order valence-electron chi connectivity index (χ0n) is 8.92. The topological polar surface area (TPSA) is 26.3 Å². The van der Waals surface area contributed by atoms with Crippen molar-refractivity contribution in [3.8, 4) is 5.75 Å². The maximum atomic E-state index is 12.6. The number of carbonyl (C=O) groups excluding carboxylic acids is 1. The Bertz CT molecular complexity index is 404. The highest BCUT2D eigenvalue weighted by molar-refractivity contribution is 5.78. The van der Waals surface area contributed by atoms with E-state index in [4.69, 9.17) is 0 Å². The molecule has 1 rings (SSSR count). The minimum atomic E-state index is -3.16. The van der Waals surface area contributed by atoms with Crippen LogP contribution in [0.25, 0.3) is 0 Å². The Morgan fingerprint density at radius 1 is 1.29 bits per heavy atom. The molecule has 0 aliphatic carbocycles. The minimum Gasteiger partial charge on any atom is -0.434 e. The lowest BCUT2D eigenvalue weighted by molar-refractivity contribution is -0.116. The fraction of sp³-hybridized carbons (Fsp3) is 0.364. The molecule has 0 saturated carbocycles. The molecule has 0 N–H and O–H groups in total. The molecular formula is C11H10F4O2. The standard InChI is InChI=1S/C11H10F4O2/c1-6(16)4-7-2-3-9(17-11(14)15)8(5-7)10(12)13/h2-3,5,10-11H,4H2,1H3. The minimum absolute atomic E-state index is 0.0192. The largest absolute Gasteiger partial charge is 0.434 e. The smallest absolute Gasteiger partial charge is 0.387 e. The first-order valence-electron chi connectivity index (χ1n) is 4.75. The highest BCUT2D eigenvalue weighted by atomic mass is 19.3. The number of hydrogen-bond donors (Lipinski definition) is 0. The molecule has 0 aliphatic heterocycles.